The summed E-state index contributed by atoms with van der Waals surface area (Å²) in [5.74, 6) is 0.696. The SMILES string of the molecule is O=C(CC[C@@H](O)CCC1Cc2ccccc2C1)c1cccc2[nH]ncc12. The summed E-state index contributed by atoms with van der Waals surface area (Å²) >= 11 is 0. The van der Waals surface area contributed by atoms with Gasteiger partial charge in [-0.2, -0.15) is 5.10 Å². The molecule has 0 unspecified atom stereocenters. The number of ketones is 1. The first-order valence-corrected chi connectivity index (χ1v) is 9.41. The van der Waals surface area contributed by atoms with Crippen LogP contribution in [-0.2, 0) is 12.8 Å². The van der Waals surface area contributed by atoms with E-state index in [-0.39, 0.29) is 5.78 Å². The van der Waals surface area contributed by atoms with Gasteiger partial charge in [-0.3, -0.25) is 9.89 Å². The number of carbonyl (C=O) groups is 1. The van der Waals surface area contributed by atoms with Crippen LogP contribution < -0.4 is 0 Å². The van der Waals surface area contributed by atoms with Gasteiger partial charge in [-0.15, -0.1) is 0 Å². The van der Waals surface area contributed by atoms with Crippen molar-refractivity contribution in [3.8, 4) is 0 Å². The third kappa shape index (κ3) is 3.56. The molecule has 0 amide bonds. The molecule has 0 aliphatic heterocycles. The highest BCUT2D eigenvalue weighted by Gasteiger charge is 2.22. The van der Waals surface area contributed by atoms with Crippen molar-refractivity contribution in [2.45, 2.75) is 44.6 Å². The highest BCUT2D eigenvalue weighted by molar-refractivity contribution is 6.07. The van der Waals surface area contributed by atoms with Crippen molar-refractivity contribution in [3.63, 3.8) is 0 Å². The van der Waals surface area contributed by atoms with Crippen LogP contribution in [0.25, 0.3) is 10.9 Å². The first-order chi connectivity index (χ1) is 12.7. The van der Waals surface area contributed by atoms with Crippen LogP contribution in [0, 0.1) is 5.92 Å². The number of H-pyrrole nitrogens is 1. The number of aromatic nitrogens is 2. The van der Waals surface area contributed by atoms with Crippen molar-refractivity contribution < 1.29 is 9.90 Å². The second-order valence-electron chi connectivity index (χ2n) is 7.37. The van der Waals surface area contributed by atoms with Crippen molar-refractivity contribution in [2.75, 3.05) is 0 Å². The van der Waals surface area contributed by atoms with E-state index in [0.717, 1.165) is 36.6 Å². The maximum atomic E-state index is 12.5. The Bertz CT molecular complexity index is 890. The Morgan fingerprint density at radius 2 is 1.88 bits per heavy atom. The third-order valence-corrected chi connectivity index (χ3v) is 5.53. The summed E-state index contributed by atoms with van der Waals surface area (Å²) in [6.07, 6.45) is 6.18. The highest BCUT2D eigenvalue weighted by Crippen LogP contribution is 2.30. The largest absolute Gasteiger partial charge is 0.393 e. The molecule has 2 aromatic carbocycles. The topological polar surface area (TPSA) is 66.0 Å². The molecule has 0 saturated carbocycles. The molecule has 4 heteroatoms. The quantitative estimate of drug-likeness (QED) is 0.632. The van der Waals surface area contributed by atoms with Crippen LogP contribution in [0.4, 0.5) is 0 Å². The number of aliphatic hydroxyl groups is 1. The molecule has 1 heterocycles. The van der Waals surface area contributed by atoms with E-state index in [2.05, 4.69) is 34.5 Å². The van der Waals surface area contributed by atoms with Crippen LogP contribution >= 0.6 is 0 Å². The van der Waals surface area contributed by atoms with Gasteiger partial charge in [0, 0.05) is 17.4 Å². The molecule has 0 bridgehead atoms. The van der Waals surface area contributed by atoms with Crippen LogP contribution in [0.3, 0.4) is 0 Å². The highest BCUT2D eigenvalue weighted by atomic mass is 16.3. The van der Waals surface area contributed by atoms with Crippen LogP contribution in [0.2, 0.25) is 0 Å². The molecule has 1 aromatic heterocycles. The van der Waals surface area contributed by atoms with E-state index in [1.807, 2.05) is 18.2 Å². The number of rotatable bonds is 7. The molecule has 1 aliphatic carbocycles. The van der Waals surface area contributed by atoms with Gasteiger partial charge in [-0.05, 0) is 55.2 Å². The molecule has 0 fully saturated rings. The van der Waals surface area contributed by atoms with Gasteiger partial charge in [-0.1, -0.05) is 36.4 Å². The van der Waals surface area contributed by atoms with Gasteiger partial charge in [0.05, 0.1) is 17.8 Å². The Morgan fingerprint density at radius 3 is 2.65 bits per heavy atom. The molecule has 1 aliphatic rings. The van der Waals surface area contributed by atoms with Crippen molar-refractivity contribution in [3.05, 3.63) is 65.4 Å². The summed E-state index contributed by atoms with van der Waals surface area (Å²) in [5.41, 5.74) is 4.47. The minimum Gasteiger partial charge on any atom is -0.393 e. The number of nitrogens with one attached hydrogen (secondary N) is 1. The lowest BCUT2D eigenvalue weighted by atomic mass is 9.95. The van der Waals surface area contributed by atoms with E-state index in [9.17, 15) is 9.90 Å². The van der Waals surface area contributed by atoms with Crippen molar-refractivity contribution in [1.29, 1.82) is 0 Å². The zero-order valence-electron chi connectivity index (χ0n) is 14.8. The van der Waals surface area contributed by atoms with Crippen LogP contribution in [0.15, 0.2) is 48.7 Å². The van der Waals surface area contributed by atoms with Crippen molar-refractivity contribution in [1.82, 2.24) is 10.2 Å². The van der Waals surface area contributed by atoms with Gasteiger partial charge >= 0.3 is 0 Å². The smallest absolute Gasteiger partial charge is 0.163 e. The molecular weight excluding hydrogens is 324 g/mol. The van der Waals surface area contributed by atoms with E-state index >= 15 is 0 Å². The van der Waals surface area contributed by atoms with E-state index in [0.29, 0.717) is 24.3 Å². The maximum absolute atomic E-state index is 12.5. The third-order valence-electron chi connectivity index (χ3n) is 5.53. The van der Waals surface area contributed by atoms with Gasteiger partial charge < -0.3 is 5.11 Å². The molecule has 0 radical (unpaired) electrons. The Labute approximate surface area is 153 Å². The first-order valence-electron chi connectivity index (χ1n) is 9.41. The van der Waals surface area contributed by atoms with Crippen LogP contribution in [-0.4, -0.2) is 27.2 Å². The zero-order chi connectivity index (χ0) is 17.9. The molecule has 26 heavy (non-hydrogen) atoms. The predicted octanol–water partition coefficient (Wildman–Crippen LogP) is 4.08. The Morgan fingerprint density at radius 1 is 1.12 bits per heavy atom. The summed E-state index contributed by atoms with van der Waals surface area (Å²) in [6.45, 7) is 0. The maximum Gasteiger partial charge on any atom is 0.163 e. The Kier molecular flexibility index (Phi) is 4.85. The van der Waals surface area contributed by atoms with E-state index in [1.165, 1.54) is 11.1 Å². The van der Waals surface area contributed by atoms with Gasteiger partial charge in [0.25, 0.3) is 0 Å². The normalized spacial score (nSPS) is 15.3. The second kappa shape index (κ2) is 7.42. The van der Waals surface area contributed by atoms with E-state index in [4.69, 9.17) is 0 Å². The zero-order valence-corrected chi connectivity index (χ0v) is 14.8. The van der Waals surface area contributed by atoms with Crippen LogP contribution in [0.5, 0.6) is 0 Å². The number of aliphatic hydroxyl groups excluding tert-OH is 1. The fourth-order valence-electron chi connectivity index (χ4n) is 4.07. The Balaban J connectivity index is 1.26. The Hall–Kier alpha value is -2.46. The molecular formula is C22H24N2O2. The molecule has 134 valence electrons. The summed E-state index contributed by atoms with van der Waals surface area (Å²) in [5, 5.41) is 18.1. The molecule has 0 spiro atoms. The fraction of sp³-hybridized carbons (Fsp3) is 0.364. The molecule has 1 atom stereocenters. The van der Waals surface area contributed by atoms with Gasteiger partial charge in [0.2, 0.25) is 0 Å². The van der Waals surface area contributed by atoms with E-state index < -0.39 is 6.10 Å². The van der Waals surface area contributed by atoms with Gasteiger partial charge in [0.15, 0.2) is 5.78 Å². The van der Waals surface area contributed by atoms with Gasteiger partial charge in [0.1, 0.15) is 0 Å². The predicted molar refractivity (Wildman–Crippen MR) is 102 cm³/mol. The average Bonchev–Trinajstić information content (AvgIpc) is 3.30. The monoisotopic (exact) mass is 348 g/mol. The van der Waals surface area contributed by atoms with E-state index in [1.54, 1.807) is 6.20 Å². The first kappa shape index (κ1) is 17.0. The molecule has 4 rings (SSSR count). The molecule has 3 aromatic rings. The molecule has 2 N–H and O–H groups in total. The summed E-state index contributed by atoms with van der Waals surface area (Å²) in [6, 6.07) is 14.2. The van der Waals surface area contributed by atoms with Crippen molar-refractivity contribution in [2.24, 2.45) is 5.92 Å². The standard InChI is InChI=1S/C22H24N2O2/c25-18(9-8-15-12-16-4-1-2-5-17(16)13-15)10-11-22(26)19-6-3-7-21-20(19)14-23-24-21/h1-7,14-15,18,25H,8-13H2,(H,23,24)/t18-/m0/s1. The summed E-state index contributed by atoms with van der Waals surface area (Å²) < 4.78 is 0. The minimum atomic E-state index is -0.411. The molecule has 4 nitrogen and oxygen atoms in total. The van der Waals surface area contributed by atoms with Gasteiger partial charge in [-0.25, -0.2) is 0 Å². The number of aromatic amines is 1. The number of hydrogen-bond donors (Lipinski definition) is 2. The number of benzene rings is 2. The summed E-state index contributed by atoms with van der Waals surface area (Å²) in [4.78, 5) is 12.5. The fourth-order valence-corrected chi connectivity index (χ4v) is 4.07. The average molecular weight is 348 g/mol. The van der Waals surface area contributed by atoms with Crippen molar-refractivity contribution >= 4 is 16.7 Å². The number of hydrogen-bond acceptors (Lipinski definition) is 3. The lowest BCUT2D eigenvalue weighted by molar-refractivity contribution is 0.0928. The summed E-state index contributed by atoms with van der Waals surface area (Å²) in [7, 11) is 0. The number of fused-ring (bicyclic) bond motifs is 2. The number of nitrogens with zero attached hydrogens (tertiary/aromatic N) is 1. The lowest BCUT2D eigenvalue weighted by Gasteiger charge is -2.13. The number of carbonyl (C=O) groups excluding carboxylic acids is 1. The van der Waals surface area contributed by atoms with Crippen LogP contribution in [0.1, 0.15) is 47.2 Å². The number of Topliss-reactive ketones (excluding diaryl/α,β-unsaturated/α-hetero) is 1. The second-order valence-corrected chi connectivity index (χ2v) is 7.37. The minimum absolute atomic E-state index is 0.0734. The lowest BCUT2D eigenvalue weighted by Crippen LogP contribution is -2.12. The molecule has 0 saturated heterocycles.